The average molecular weight is 411 g/mol. The van der Waals surface area contributed by atoms with Gasteiger partial charge in [-0.1, -0.05) is 23.5 Å². The molecule has 4 rings (SSSR count). The lowest BCUT2D eigenvalue weighted by Crippen LogP contribution is -2.55. The molecule has 1 unspecified atom stereocenters. The van der Waals surface area contributed by atoms with Crippen molar-refractivity contribution in [2.45, 2.75) is 13.0 Å². The monoisotopic (exact) mass is 411 g/mol. The Labute approximate surface area is 171 Å². The molecule has 10 heteroatoms. The van der Waals surface area contributed by atoms with Crippen LogP contribution in [0.1, 0.15) is 6.92 Å². The summed E-state index contributed by atoms with van der Waals surface area (Å²) in [7, 11) is 0. The molecule has 0 spiro atoms. The van der Waals surface area contributed by atoms with Crippen LogP contribution in [0.4, 0.5) is 15.9 Å². The number of aromatic nitrogens is 3. The molecule has 1 aromatic carbocycles. The number of amides is 3. The molecule has 150 valence electrons. The van der Waals surface area contributed by atoms with Crippen molar-refractivity contribution in [2.75, 3.05) is 36.4 Å². The normalized spacial score (nSPS) is 15.2. The second-order valence-corrected chi connectivity index (χ2v) is 7.70. The first-order valence-corrected chi connectivity index (χ1v) is 10.2. The number of benzene rings is 1. The number of anilines is 2. The minimum atomic E-state index is -0.676. The van der Waals surface area contributed by atoms with Crippen LogP contribution in [0.5, 0.6) is 0 Å². The van der Waals surface area contributed by atoms with Gasteiger partial charge in [-0.2, -0.15) is 0 Å². The van der Waals surface area contributed by atoms with E-state index >= 15 is 0 Å². The van der Waals surface area contributed by atoms with Gasteiger partial charge in [0.15, 0.2) is 5.13 Å². The van der Waals surface area contributed by atoms with E-state index in [0.717, 1.165) is 10.2 Å². The van der Waals surface area contributed by atoms with Gasteiger partial charge >= 0.3 is 6.03 Å². The third-order valence-corrected chi connectivity index (χ3v) is 5.61. The van der Waals surface area contributed by atoms with Crippen LogP contribution in [0, 0.1) is 0 Å². The van der Waals surface area contributed by atoms with Crippen molar-refractivity contribution in [3.05, 3.63) is 42.7 Å². The lowest BCUT2D eigenvalue weighted by Gasteiger charge is -2.35. The van der Waals surface area contributed by atoms with Gasteiger partial charge in [0.05, 0.1) is 10.2 Å². The van der Waals surface area contributed by atoms with Crippen LogP contribution in [0.25, 0.3) is 10.2 Å². The molecule has 3 aromatic rings. The number of carbonyl (C=O) groups excluding carboxylic acids is 2. The Hall–Kier alpha value is -3.27. The molecule has 0 bridgehead atoms. The number of urea groups is 1. The number of fused-ring (bicyclic) bond motifs is 1. The minimum Gasteiger partial charge on any atom is -0.337 e. The van der Waals surface area contributed by atoms with Gasteiger partial charge in [-0.25, -0.2) is 19.7 Å². The smallest absolute Gasteiger partial charge is 0.318 e. The van der Waals surface area contributed by atoms with Gasteiger partial charge in [0, 0.05) is 38.6 Å². The number of piperazine rings is 1. The van der Waals surface area contributed by atoms with E-state index in [9.17, 15) is 9.59 Å². The van der Waals surface area contributed by atoms with Gasteiger partial charge in [-0.3, -0.25) is 4.79 Å². The Morgan fingerprint density at radius 1 is 1.07 bits per heavy atom. The van der Waals surface area contributed by atoms with Gasteiger partial charge in [-0.05, 0) is 25.1 Å². The number of nitrogens with one attached hydrogen (secondary N) is 2. The molecule has 0 saturated carbocycles. The van der Waals surface area contributed by atoms with E-state index in [0.29, 0.717) is 37.3 Å². The first kappa shape index (κ1) is 19.1. The first-order valence-electron chi connectivity index (χ1n) is 9.34. The van der Waals surface area contributed by atoms with E-state index in [1.807, 2.05) is 29.2 Å². The lowest BCUT2D eigenvalue weighted by atomic mass is 10.3. The molecular weight excluding hydrogens is 390 g/mol. The number of thiazole rings is 1. The third kappa shape index (κ3) is 4.43. The summed E-state index contributed by atoms with van der Waals surface area (Å²) in [6.45, 7) is 4.02. The molecular formula is C19H21N7O2S. The fraction of sp³-hybridized carbons (Fsp3) is 0.316. The Balaban J connectivity index is 1.28. The highest BCUT2D eigenvalue weighted by atomic mass is 32.1. The van der Waals surface area contributed by atoms with Gasteiger partial charge in [-0.15, -0.1) is 0 Å². The van der Waals surface area contributed by atoms with E-state index in [-0.39, 0.29) is 11.9 Å². The quantitative estimate of drug-likeness (QED) is 0.680. The number of carbonyl (C=O) groups is 2. The second-order valence-electron chi connectivity index (χ2n) is 6.67. The van der Waals surface area contributed by atoms with Crippen LogP contribution in [-0.2, 0) is 4.79 Å². The highest BCUT2D eigenvalue weighted by Crippen LogP contribution is 2.25. The molecule has 1 atom stereocenters. The maximum absolute atomic E-state index is 12.5. The largest absolute Gasteiger partial charge is 0.337 e. The highest BCUT2D eigenvalue weighted by molar-refractivity contribution is 7.22. The summed E-state index contributed by atoms with van der Waals surface area (Å²) in [6, 6.07) is 8.52. The van der Waals surface area contributed by atoms with E-state index in [2.05, 4.69) is 25.6 Å². The molecule has 9 nitrogen and oxygen atoms in total. The average Bonchev–Trinajstić information content (AvgIpc) is 3.16. The summed E-state index contributed by atoms with van der Waals surface area (Å²) in [6.07, 6.45) is 3.40. The highest BCUT2D eigenvalue weighted by Gasteiger charge is 2.25. The summed E-state index contributed by atoms with van der Waals surface area (Å²) in [5.41, 5.74) is 0.838. The Bertz CT molecular complexity index is 969. The van der Waals surface area contributed by atoms with Gasteiger partial charge < -0.3 is 20.4 Å². The van der Waals surface area contributed by atoms with E-state index in [1.54, 1.807) is 30.3 Å². The van der Waals surface area contributed by atoms with E-state index < -0.39 is 6.04 Å². The molecule has 0 aliphatic carbocycles. The predicted molar refractivity (Wildman–Crippen MR) is 112 cm³/mol. The Morgan fingerprint density at radius 3 is 2.52 bits per heavy atom. The Kier molecular flexibility index (Phi) is 5.52. The molecule has 0 radical (unpaired) electrons. The van der Waals surface area contributed by atoms with E-state index in [4.69, 9.17) is 0 Å². The fourth-order valence-corrected chi connectivity index (χ4v) is 3.91. The van der Waals surface area contributed by atoms with Crippen LogP contribution < -0.4 is 15.5 Å². The zero-order chi connectivity index (χ0) is 20.2. The molecule has 1 aliphatic rings. The molecule has 3 heterocycles. The number of hydrogen-bond donors (Lipinski definition) is 2. The standard InChI is InChI=1S/C19H21N7O2S/c1-13(16(27)24-18-23-14-5-2-3-6-15(14)29-18)22-19(28)26-11-9-25(10-12-26)17-20-7-4-8-21-17/h2-8,13H,9-12H2,1H3,(H,22,28)(H,23,24,27). The minimum absolute atomic E-state index is 0.259. The Morgan fingerprint density at radius 2 is 1.79 bits per heavy atom. The molecule has 2 aromatic heterocycles. The zero-order valence-corrected chi connectivity index (χ0v) is 16.7. The van der Waals surface area contributed by atoms with Crippen LogP contribution in [-0.4, -0.2) is 64.0 Å². The molecule has 1 aliphatic heterocycles. The SMILES string of the molecule is CC(NC(=O)N1CCN(c2ncccn2)CC1)C(=O)Nc1nc2ccccc2s1. The topological polar surface area (TPSA) is 103 Å². The fourth-order valence-electron chi connectivity index (χ4n) is 3.05. The van der Waals surface area contributed by atoms with Crippen molar-refractivity contribution in [2.24, 2.45) is 0 Å². The number of hydrogen-bond acceptors (Lipinski definition) is 7. The third-order valence-electron chi connectivity index (χ3n) is 4.66. The maximum Gasteiger partial charge on any atom is 0.318 e. The summed E-state index contributed by atoms with van der Waals surface area (Å²) in [5, 5.41) is 6.06. The predicted octanol–water partition coefficient (Wildman–Crippen LogP) is 1.95. The maximum atomic E-state index is 12.5. The summed E-state index contributed by atoms with van der Waals surface area (Å²) in [4.78, 5) is 41.6. The number of rotatable bonds is 4. The zero-order valence-electron chi connectivity index (χ0n) is 15.9. The van der Waals surface area contributed by atoms with Crippen LogP contribution in [0.3, 0.4) is 0 Å². The molecule has 2 N–H and O–H groups in total. The summed E-state index contributed by atoms with van der Waals surface area (Å²) < 4.78 is 1.000. The lowest BCUT2D eigenvalue weighted by molar-refractivity contribution is -0.117. The van der Waals surface area contributed by atoms with Gasteiger partial charge in [0.2, 0.25) is 11.9 Å². The number of para-hydroxylation sites is 1. The van der Waals surface area contributed by atoms with Crippen molar-refractivity contribution < 1.29 is 9.59 Å². The van der Waals surface area contributed by atoms with Crippen molar-refractivity contribution in [3.8, 4) is 0 Å². The van der Waals surface area contributed by atoms with Crippen molar-refractivity contribution in [1.82, 2.24) is 25.2 Å². The van der Waals surface area contributed by atoms with Crippen LogP contribution >= 0.6 is 11.3 Å². The van der Waals surface area contributed by atoms with Crippen molar-refractivity contribution in [1.29, 1.82) is 0 Å². The van der Waals surface area contributed by atoms with Crippen molar-refractivity contribution in [3.63, 3.8) is 0 Å². The molecule has 1 fully saturated rings. The van der Waals surface area contributed by atoms with Crippen molar-refractivity contribution >= 4 is 44.6 Å². The summed E-state index contributed by atoms with van der Waals surface area (Å²) >= 11 is 1.40. The van der Waals surface area contributed by atoms with Gasteiger partial charge in [0.1, 0.15) is 6.04 Å². The molecule has 1 saturated heterocycles. The van der Waals surface area contributed by atoms with Crippen LogP contribution in [0.15, 0.2) is 42.7 Å². The van der Waals surface area contributed by atoms with Crippen LogP contribution in [0.2, 0.25) is 0 Å². The molecule has 29 heavy (non-hydrogen) atoms. The second kappa shape index (κ2) is 8.39. The summed E-state index contributed by atoms with van der Waals surface area (Å²) in [5.74, 6) is 0.366. The van der Waals surface area contributed by atoms with Gasteiger partial charge in [0.25, 0.3) is 0 Å². The number of nitrogens with zero attached hydrogens (tertiary/aromatic N) is 5. The molecule has 3 amide bonds. The van der Waals surface area contributed by atoms with E-state index in [1.165, 1.54) is 11.3 Å². The first-order chi connectivity index (χ1) is 14.1.